The largest absolute Gasteiger partial charge is 0.379 e. The number of rotatable bonds is 10. The smallest absolute Gasteiger partial charge is 0.315 e. The molecule has 4 nitrogen and oxygen atoms in total. The highest BCUT2D eigenvalue weighted by molar-refractivity contribution is 5.74. The summed E-state index contributed by atoms with van der Waals surface area (Å²) >= 11 is 0. The number of hydrogen-bond donors (Lipinski definition) is 2. The molecule has 0 aliphatic carbocycles. The van der Waals surface area contributed by atoms with Crippen LogP contribution in [0.5, 0.6) is 0 Å². The lowest BCUT2D eigenvalue weighted by atomic mass is 10.1. The van der Waals surface area contributed by atoms with Gasteiger partial charge >= 0.3 is 6.03 Å². The lowest BCUT2D eigenvalue weighted by Crippen LogP contribution is -2.42. The Labute approximate surface area is 117 Å². The van der Waals surface area contributed by atoms with Crippen molar-refractivity contribution < 1.29 is 9.53 Å². The maximum atomic E-state index is 11.5. The van der Waals surface area contributed by atoms with Crippen LogP contribution in [-0.4, -0.2) is 31.8 Å². The molecular formula is C15H30N2O2. The van der Waals surface area contributed by atoms with Gasteiger partial charge in [0, 0.05) is 13.2 Å². The van der Waals surface area contributed by atoms with E-state index < -0.39 is 0 Å². The quantitative estimate of drug-likeness (QED) is 0.599. The highest BCUT2D eigenvalue weighted by Gasteiger charge is 2.16. The second kappa shape index (κ2) is 11.1. The Bertz CT molecular complexity index is 228. The van der Waals surface area contributed by atoms with Crippen LogP contribution in [-0.2, 0) is 4.74 Å². The van der Waals surface area contributed by atoms with Crippen LogP contribution in [0.25, 0.3) is 0 Å². The predicted molar refractivity (Wildman–Crippen MR) is 78.4 cm³/mol. The summed E-state index contributed by atoms with van der Waals surface area (Å²) in [5.74, 6) is 0. The van der Waals surface area contributed by atoms with Crippen LogP contribution in [0.3, 0.4) is 0 Å². The molecule has 4 heteroatoms. The number of nitrogens with one attached hydrogen (secondary N) is 2. The van der Waals surface area contributed by atoms with Gasteiger partial charge in [-0.3, -0.25) is 0 Å². The summed E-state index contributed by atoms with van der Waals surface area (Å²) in [5.41, 5.74) is 0. The predicted octanol–water partition coefficient (Wildman–Crippen LogP) is 3.22. The Hall–Kier alpha value is -0.770. The molecule has 0 bridgehead atoms. The van der Waals surface area contributed by atoms with Crippen LogP contribution in [0.1, 0.15) is 64.7 Å². The highest BCUT2D eigenvalue weighted by atomic mass is 16.5. The standard InChI is InChI=1S/C15H30N2O2/c1-2-3-4-5-6-7-8-9-11-16-15(18)17-14-10-12-19-13-14/h14H,2-13H2,1H3,(H2,16,17,18). The van der Waals surface area contributed by atoms with E-state index in [4.69, 9.17) is 4.74 Å². The molecule has 0 aromatic rings. The van der Waals surface area contributed by atoms with Gasteiger partial charge in [-0.25, -0.2) is 4.79 Å². The van der Waals surface area contributed by atoms with Crippen molar-refractivity contribution >= 4 is 6.03 Å². The van der Waals surface area contributed by atoms with Gasteiger partial charge in [-0.2, -0.15) is 0 Å². The van der Waals surface area contributed by atoms with Crippen molar-refractivity contribution in [3.05, 3.63) is 0 Å². The minimum atomic E-state index is -0.0431. The summed E-state index contributed by atoms with van der Waals surface area (Å²) in [7, 11) is 0. The Balaban J connectivity index is 1.80. The van der Waals surface area contributed by atoms with Crippen LogP contribution in [0, 0.1) is 0 Å². The van der Waals surface area contributed by atoms with E-state index in [1.54, 1.807) is 0 Å². The number of hydrogen-bond acceptors (Lipinski definition) is 2. The van der Waals surface area contributed by atoms with Crippen molar-refractivity contribution in [2.45, 2.75) is 70.8 Å². The topological polar surface area (TPSA) is 50.4 Å². The third-order valence-corrected chi connectivity index (χ3v) is 3.58. The van der Waals surface area contributed by atoms with E-state index in [9.17, 15) is 4.79 Å². The first-order chi connectivity index (χ1) is 9.33. The van der Waals surface area contributed by atoms with Gasteiger partial charge in [-0.15, -0.1) is 0 Å². The van der Waals surface area contributed by atoms with Crippen LogP contribution in [0.4, 0.5) is 4.79 Å². The molecule has 1 rings (SSSR count). The number of carbonyl (C=O) groups is 1. The van der Waals surface area contributed by atoms with Crippen molar-refractivity contribution in [3.63, 3.8) is 0 Å². The SMILES string of the molecule is CCCCCCCCCCNC(=O)NC1CCOC1. The number of carbonyl (C=O) groups excluding carboxylic acids is 1. The fourth-order valence-corrected chi connectivity index (χ4v) is 2.35. The van der Waals surface area contributed by atoms with Crippen LogP contribution < -0.4 is 10.6 Å². The van der Waals surface area contributed by atoms with Crippen LogP contribution >= 0.6 is 0 Å². The molecule has 1 aliphatic heterocycles. The van der Waals surface area contributed by atoms with E-state index in [2.05, 4.69) is 17.6 Å². The monoisotopic (exact) mass is 270 g/mol. The van der Waals surface area contributed by atoms with Crippen molar-refractivity contribution in [3.8, 4) is 0 Å². The third-order valence-electron chi connectivity index (χ3n) is 3.58. The highest BCUT2D eigenvalue weighted by Crippen LogP contribution is 2.08. The molecule has 1 heterocycles. The van der Waals surface area contributed by atoms with Gasteiger partial charge in [-0.1, -0.05) is 51.9 Å². The number of urea groups is 1. The summed E-state index contributed by atoms with van der Waals surface area (Å²) < 4.78 is 5.21. The van der Waals surface area contributed by atoms with E-state index in [-0.39, 0.29) is 12.1 Å². The Kier molecular flexibility index (Phi) is 9.51. The zero-order valence-electron chi connectivity index (χ0n) is 12.4. The maximum absolute atomic E-state index is 11.5. The minimum absolute atomic E-state index is 0.0431. The van der Waals surface area contributed by atoms with Crippen LogP contribution in [0.2, 0.25) is 0 Å². The Morgan fingerprint density at radius 1 is 1.11 bits per heavy atom. The summed E-state index contributed by atoms with van der Waals surface area (Å²) in [4.78, 5) is 11.5. The van der Waals surface area contributed by atoms with Crippen molar-refractivity contribution in [2.75, 3.05) is 19.8 Å². The van der Waals surface area contributed by atoms with E-state index >= 15 is 0 Å². The molecule has 0 aromatic heterocycles. The van der Waals surface area contributed by atoms with Gasteiger partial charge in [0.15, 0.2) is 0 Å². The molecule has 2 amide bonds. The number of ether oxygens (including phenoxy) is 1. The summed E-state index contributed by atoms with van der Waals surface area (Å²) in [6.45, 7) is 4.46. The second-order valence-electron chi connectivity index (χ2n) is 5.44. The summed E-state index contributed by atoms with van der Waals surface area (Å²) in [6, 6.07) is 0.164. The van der Waals surface area contributed by atoms with Gasteiger partial charge in [0.05, 0.1) is 12.6 Å². The fourth-order valence-electron chi connectivity index (χ4n) is 2.35. The molecule has 2 N–H and O–H groups in total. The average Bonchev–Trinajstić information content (AvgIpc) is 2.89. The third kappa shape index (κ3) is 8.87. The molecular weight excluding hydrogens is 240 g/mol. The molecule has 0 aromatic carbocycles. The molecule has 1 saturated heterocycles. The first kappa shape index (κ1) is 16.3. The second-order valence-corrected chi connectivity index (χ2v) is 5.44. The number of unbranched alkanes of at least 4 members (excludes halogenated alkanes) is 7. The van der Waals surface area contributed by atoms with Crippen molar-refractivity contribution in [1.29, 1.82) is 0 Å². The molecule has 1 unspecified atom stereocenters. The molecule has 112 valence electrons. The zero-order chi connectivity index (χ0) is 13.8. The zero-order valence-corrected chi connectivity index (χ0v) is 12.4. The van der Waals surface area contributed by atoms with Crippen LogP contribution in [0.15, 0.2) is 0 Å². The van der Waals surface area contributed by atoms with Gasteiger partial charge in [0.1, 0.15) is 0 Å². The van der Waals surface area contributed by atoms with Gasteiger partial charge in [0.2, 0.25) is 0 Å². The normalized spacial score (nSPS) is 18.5. The minimum Gasteiger partial charge on any atom is -0.379 e. The average molecular weight is 270 g/mol. The molecule has 19 heavy (non-hydrogen) atoms. The molecule has 1 fully saturated rings. The van der Waals surface area contributed by atoms with Gasteiger partial charge in [-0.05, 0) is 12.8 Å². The maximum Gasteiger partial charge on any atom is 0.315 e. The van der Waals surface area contributed by atoms with Crippen molar-refractivity contribution in [1.82, 2.24) is 10.6 Å². The molecule has 0 saturated carbocycles. The van der Waals surface area contributed by atoms with E-state index in [0.717, 1.165) is 26.0 Å². The Morgan fingerprint density at radius 3 is 2.42 bits per heavy atom. The van der Waals surface area contributed by atoms with E-state index in [1.807, 2.05) is 0 Å². The first-order valence-corrected chi connectivity index (χ1v) is 7.95. The summed E-state index contributed by atoms with van der Waals surface area (Å²) in [6.07, 6.45) is 11.3. The molecule has 0 spiro atoms. The van der Waals surface area contributed by atoms with E-state index in [1.165, 1.54) is 44.9 Å². The lowest BCUT2D eigenvalue weighted by molar-refractivity contribution is 0.188. The first-order valence-electron chi connectivity index (χ1n) is 7.95. The molecule has 1 atom stereocenters. The Morgan fingerprint density at radius 2 is 1.79 bits per heavy atom. The fraction of sp³-hybridized carbons (Fsp3) is 0.933. The lowest BCUT2D eigenvalue weighted by Gasteiger charge is -2.11. The van der Waals surface area contributed by atoms with E-state index in [0.29, 0.717) is 6.61 Å². The van der Waals surface area contributed by atoms with Gasteiger partial charge in [0.25, 0.3) is 0 Å². The van der Waals surface area contributed by atoms with Gasteiger partial charge < -0.3 is 15.4 Å². The number of amides is 2. The summed E-state index contributed by atoms with van der Waals surface area (Å²) in [5, 5.41) is 5.84. The van der Waals surface area contributed by atoms with Crippen molar-refractivity contribution in [2.24, 2.45) is 0 Å². The molecule has 1 aliphatic rings. The molecule has 0 radical (unpaired) electrons.